The van der Waals surface area contributed by atoms with Gasteiger partial charge in [-0.2, -0.15) is 13.2 Å². The molecule has 4 rings (SSSR count). The number of aryl methyl sites for hydroxylation is 1. The summed E-state index contributed by atoms with van der Waals surface area (Å²) in [5.74, 6) is -0.185. The number of benzene rings is 2. The molecule has 0 bridgehead atoms. The zero-order chi connectivity index (χ0) is 23.1. The van der Waals surface area contributed by atoms with Gasteiger partial charge in [-0.3, -0.25) is 9.10 Å². The number of aromatic nitrogens is 1. The van der Waals surface area contributed by atoms with Crippen LogP contribution < -0.4 is 14.4 Å². The molecule has 2 heterocycles. The van der Waals surface area contributed by atoms with Crippen molar-refractivity contribution in [1.29, 1.82) is 0 Å². The number of fused-ring (bicyclic) bond motifs is 1. The van der Waals surface area contributed by atoms with Gasteiger partial charge in [-0.1, -0.05) is 5.16 Å². The van der Waals surface area contributed by atoms with Crippen molar-refractivity contribution in [3.8, 4) is 5.75 Å². The van der Waals surface area contributed by atoms with E-state index < -0.39 is 27.7 Å². The Morgan fingerprint density at radius 1 is 1.16 bits per heavy atom. The highest BCUT2D eigenvalue weighted by molar-refractivity contribution is 7.93. The lowest BCUT2D eigenvalue weighted by atomic mass is 10.2. The second-order valence-electron chi connectivity index (χ2n) is 6.88. The number of ether oxygens (including phenoxy) is 1. The van der Waals surface area contributed by atoms with Gasteiger partial charge in [-0.25, -0.2) is 8.42 Å². The average Bonchev–Trinajstić information content (AvgIpc) is 3.12. The second kappa shape index (κ2) is 7.86. The summed E-state index contributed by atoms with van der Waals surface area (Å²) in [6.07, 6.45) is -3.30. The van der Waals surface area contributed by atoms with E-state index in [0.29, 0.717) is 5.76 Å². The molecular weight excluding hydrogens is 451 g/mol. The minimum Gasteiger partial charge on any atom is -0.490 e. The number of anilines is 2. The van der Waals surface area contributed by atoms with E-state index in [2.05, 4.69) is 10.5 Å². The highest BCUT2D eigenvalue weighted by Crippen LogP contribution is 2.36. The Hall–Kier alpha value is -3.54. The van der Waals surface area contributed by atoms with Crippen LogP contribution in [0.5, 0.6) is 5.75 Å². The van der Waals surface area contributed by atoms with Gasteiger partial charge in [0.1, 0.15) is 28.6 Å². The summed E-state index contributed by atoms with van der Waals surface area (Å²) in [6.45, 7) is 1.43. The number of hydrogen-bond acceptors (Lipinski definition) is 6. The van der Waals surface area contributed by atoms with Crippen LogP contribution >= 0.6 is 0 Å². The van der Waals surface area contributed by atoms with Crippen molar-refractivity contribution in [2.75, 3.05) is 22.8 Å². The maximum Gasteiger partial charge on any atom is 0.416 e. The maximum absolute atomic E-state index is 13.3. The van der Waals surface area contributed by atoms with Crippen LogP contribution in [-0.2, 0) is 16.2 Å². The quantitative estimate of drug-likeness (QED) is 0.628. The molecule has 1 amide bonds. The fourth-order valence-electron chi connectivity index (χ4n) is 3.18. The lowest BCUT2D eigenvalue weighted by Gasteiger charge is -2.22. The van der Waals surface area contributed by atoms with E-state index in [4.69, 9.17) is 9.26 Å². The number of nitrogens with zero attached hydrogens (tertiary/aromatic N) is 2. The van der Waals surface area contributed by atoms with Crippen LogP contribution in [0.2, 0.25) is 0 Å². The molecule has 0 unspecified atom stereocenters. The predicted molar refractivity (Wildman–Crippen MR) is 107 cm³/mol. The lowest BCUT2D eigenvalue weighted by molar-refractivity contribution is -0.137. The van der Waals surface area contributed by atoms with E-state index in [-0.39, 0.29) is 40.7 Å². The van der Waals surface area contributed by atoms with E-state index in [1.54, 1.807) is 6.92 Å². The minimum atomic E-state index is -4.54. The topological polar surface area (TPSA) is 102 Å². The Labute approximate surface area is 180 Å². The molecule has 1 aliphatic heterocycles. The van der Waals surface area contributed by atoms with Gasteiger partial charge < -0.3 is 14.6 Å². The Morgan fingerprint density at radius 2 is 1.88 bits per heavy atom. The summed E-state index contributed by atoms with van der Waals surface area (Å²) < 4.78 is 76.5. The van der Waals surface area contributed by atoms with E-state index in [0.717, 1.165) is 28.6 Å². The van der Waals surface area contributed by atoms with Crippen molar-refractivity contribution in [3.05, 3.63) is 65.5 Å². The molecule has 1 aromatic heterocycles. The summed E-state index contributed by atoms with van der Waals surface area (Å²) in [7, 11) is -4.20. The van der Waals surface area contributed by atoms with Gasteiger partial charge in [-0.05, 0) is 49.4 Å². The zero-order valence-corrected chi connectivity index (χ0v) is 17.3. The van der Waals surface area contributed by atoms with Crippen LogP contribution in [0.15, 0.2) is 58.1 Å². The standard InChI is InChI=1S/C20H16F3N3O5S/c1-12-16(11-24-31-12)19(27)25-14-4-7-17-18(10-14)32(28,29)26(8-9-30-17)15-5-2-13(3-6-15)20(21,22)23/h2-7,10-11H,8-9H2,1H3,(H,25,27). The predicted octanol–water partition coefficient (Wildman–Crippen LogP) is 3.84. The molecule has 0 spiro atoms. The highest BCUT2D eigenvalue weighted by atomic mass is 32.2. The summed E-state index contributed by atoms with van der Waals surface area (Å²) >= 11 is 0. The fourth-order valence-corrected chi connectivity index (χ4v) is 4.79. The van der Waals surface area contributed by atoms with Crippen LogP contribution in [0.4, 0.5) is 24.5 Å². The van der Waals surface area contributed by atoms with Crippen molar-refractivity contribution in [3.63, 3.8) is 0 Å². The number of rotatable bonds is 3. The number of hydrogen-bond donors (Lipinski definition) is 1. The first-order valence-corrected chi connectivity index (χ1v) is 10.7. The molecule has 0 atom stereocenters. The number of carbonyl (C=O) groups excluding carboxylic acids is 1. The Bertz CT molecular complexity index is 1270. The van der Waals surface area contributed by atoms with Gasteiger partial charge in [0.25, 0.3) is 15.9 Å². The van der Waals surface area contributed by atoms with E-state index in [1.165, 1.54) is 24.4 Å². The molecule has 8 nitrogen and oxygen atoms in total. The molecule has 0 aliphatic carbocycles. The van der Waals surface area contributed by atoms with Gasteiger partial charge in [-0.15, -0.1) is 0 Å². The molecule has 168 valence electrons. The summed E-state index contributed by atoms with van der Waals surface area (Å²) in [5, 5.41) is 6.10. The molecular formula is C20H16F3N3O5S. The molecule has 0 fully saturated rings. The van der Waals surface area contributed by atoms with Crippen molar-refractivity contribution in [2.24, 2.45) is 0 Å². The first-order valence-electron chi connectivity index (χ1n) is 9.27. The number of alkyl halides is 3. The Balaban J connectivity index is 1.67. The normalized spacial score (nSPS) is 15.4. The minimum absolute atomic E-state index is 0.0150. The van der Waals surface area contributed by atoms with Gasteiger partial charge in [0.15, 0.2) is 0 Å². The first-order chi connectivity index (χ1) is 15.1. The lowest BCUT2D eigenvalue weighted by Crippen LogP contribution is -2.32. The molecule has 32 heavy (non-hydrogen) atoms. The molecule has 0 radical (unpaired) electrons. The molecule has 0 saturated heterocycles. The molecule has 3 aromatic rings. The second-order valence-corrected chi connectivity index (χ2v) is 8.71. The van der Waals surface area contributed by atoms with Crippen LogP contribution in [0.3, 0.4) is 0 Å². The third kappa shape index (κ3) is 4.00. The van der Waals surface area contributed by atoms with Crippen molar-refractivity contribution in [1.82, 2.24) is 5.16 Å². The molecule has 12 heteroatoms. The number of nitrogens with one attached hydrogen (secondary N) is 1. The van der Waals surface area contributed by atoms with Crippen molar-refractivity contribution < 1.29 is 35.6 Å². The van der Waals surface area contributed by atoms with Gasteiger partial charge in [0.05, 0.1) is 24.0 Å². The zero-order valence-electron chi connectivity index (χ0n) is 16.5. The van der Waals surface area contributed by atoms with Crippen LogP contribution in [0, 0.1) is 6.92 Å². The Kier molecular flexibility index (Phi) is 5.33. The number of sulfonamides is 1. The molecule has 1 aliphatic rings. The van der Waals surface area contributed by atoms with Gasteiger partial charge in [0, 0.05) is 5.69 Å². The molecule has 2 aromatic carbocycles. The average molecular weight is 467 g/mol. The fraction of sp³-hybridized carbons (Fsp3) is 0.200. The molecule has 1 N–H and O–H groups in total. The number of amides is 1. The smallest absolute Gasteiger partial charge is 0.416 e. The van der Waals surface area contributed by atoms with Crippen LogP contribution in [0.1, 0.15) is 21.7 Å². The number of carbonyl (C=O) groups is 1. The van der Waals surface area contributed by atoms with Crippen molar-refractivity contribution >= 4 is 27.3 Å². The number of halogens is 3. The van der Waals surface area contributed by atoms with Gasteiger partial charge in [0.2, 0.25) is 0 Å². The van der Waals surface area contributed by atoms with Crippen molar-refractivity contribution in [2.45, 2.75) is 18.0 Å². The summed E-state index contributed by atoms with van der Waals surface area (Å²) in [6, 6.07) is 7.91. The monoisotopic (exact) mass is 467 g/mol. The third-order valence-corrected chi connectivity index (χ3v) is 6.65. The third-order valence-electron chi connectivity index (χ3n) is 4.80. The maximum atomic E-state index is 13.3. The molecule has 0 saturated carbocycles. The SMILES string of the molecule is Cc1oncc1C(=O)Nc1ccc2c(c1)S(=O)(=O)N(c1ccc(C(F)(F)F)cc1)CCO2. The Morgan fingerprint density at radius 3 is 2.50 bits per heavy atom. The largest absolute Gasteiger partial charge is 0.490 e. The van der Waals surface area contributed by atoms with E-state index in [1.807, 2.05) is 0 Å². The summed E-state index contributed by atoms with van der Waals surface area (Å²) in [5.41, 5.74) is -0.468. The van der Waals surface area contributed by atoms with Crippen LogP contribution in [-0.4, -0.2) is 32.6 Å². The van der Waals surface area contributed by atoms with E-state index in [9.17, 15) is 26.4 Å². The summed E-state index contributed by atoms with van der Waals surface area (Å²) in [4.78, 5) is 12.2. The van der Waals surface area contributed by atoms with Gasteiger partial charge >= 0.3 is 6.18 Å². The highest BCUT2D eigenvalue weighted by Gasteiger charge is 2.34. The van der Waals surface area contributed by atoms with Crippen LogP contribution in [0.25, 0.3) is 0 Å². The van der Waals surface area contributed by atoms with E-state index >= 15 is 0 Å². The first kappa shape index (κ1) is 21.7.